The molecule has 15 heavy (non-hydrogen) atoms. The molecule has 0 bridgehead atoms. The third-order valence-electron chi connectivity index (χ3n) is 2.07. The maximum Gasteiger partial charge on any atom is 0.159 e. The molecule has 0 fully saturated rings. The molecule has 0 aliphatic carbocycles. The number of nitrogens with one attached hydrogen (secondary N) is 1. The van der Waals surface area contributed by atoms with E-state index in [2.05, 4.69) is 26.1 Å². The van der Waals surface area contributed by atoms with Crippen molar-refractivity contribution < 1.29 is 8.78 Å². The third-order valence-corrected chi connectivity index (χ3v) is 3.04. The molecule has 0 saturated heterocycles. The topological polar surface area (TPSA) is 28.7 Å². The lowest BCUT2D eigenvalue weighted by Crippen LogP contribution is -1.86. The van der Waals surface area contributed by atoms with Gasteiger partial charge in [0.25, 0.3) is 0 Å². The van der Waals surface area contributed by atoms with Gasteiger partial charge in [0.1, 0.15) is 5.69 Å². The molecule has 1 N–H and O–H groups in total. The number of aromatic nitrogens is 2. The Morgan fingerprint density at radius 3 is 2.53 bits per heavy atom. The largest absolute Gasteiger partial charge is 0.281 e. The Balaban J connectivity index is 2.55. The average Bonchev–Trinajstić information content (AvgIpc) is 2.53. The Morgan fingerprint density at radius 2 is 2.00 bits per heavy atom. The second-order valence-corrected chi connectivity index (χ2v) is 3.93. The van der Waals surface area contributed by atoms with Gasteiger partial charge in [0.2, 0.25) is 0 Å². The van der Waals surface area contributed by atoms with Gasteiger partial charge in [-0.1, -0.05) is 0 Å². The van der Waals surface area contributed by atoms with E-state index in [-0.39, 0.29) is 0 Å². The molecule has 0 spiro atoms. The highest BCUT2D eigenvalue weighted by Gasteiger charge is 2.11. The molecule has 5 heteroatoms. The van der Waals surface area contributed by atoms with Crippen molar-refractivity contribution in [3.8, 4) is 11.3 Å². The average molecular weight is 273 g/mol. The molecule has 1 heterocycles. The maximum absolute atomic E-state index is 13.0. The quantitative estimate of drug-likeness (QED) is 0.847. The molecule has 0 amide bonds. The molecule has 0 aliphatic heterocycles. The van der Waals surface area contributed by atoms with Crippen LogP contribution in [0.4, 0.5) is 8.78 Å². The van der Waals surface area contributed by atoms with Crippen molar-refractivity contribution in [3.05, 3.63) is 40.0 Å². The number of hydrogen-bond donors (Lipinski definition) is 1. The Labute approximate surface area is 93.4 Å². The van der Waals surface area contributed by atoms with E-state index >= 15 is 0 Å². The first-order valence-corrected chi connectivity index (χ1v) is 5.05. The highest BCUT2D eigenvalue weighted by Crippen LogP contribution is 2.29. The summed E-state index contributed by atoms with van der Waals surface area (Å²) in [7, 11) is 0. The predicted octanol–water partition coefficient (Wildman–Crippen LogP) is 3.43. The van der Waals surface area contributed by atoms with Crippen LogP contribution in [0.1, 0.15) is 5.69 Å². The molecule has 1 aromatic heterocycles. The molecule has 78 valence electrons. The van der Waals surface area contributed by atoms with Gasteiger partial charge in [-0.2, -0.15) is 5.10 Å². The Morgan fingerprint density at radius 1 is 1.27 bits per heavy atom. The van der Waals surface area contributed by atoms with E-state index in [1.807, 2.05) is 6.92 Å². The van der Waals surface area contributed by atoms with Crippen molar-refractivity contribution in [3.63, 3.8) is 0 Å². The summed E-state index contributed by atoms with van der Waals surface area (Å²) >= 11 is 3.32. The smallest absolute Gasteiger partial charge is 0.159 e. The van der Waals surface area contributed by atoms with Gasteiger partial charge >= 0.3 is 0 Å². The minimum Gasteiger partial charge on any atom is -0.281 e. The van der Waals surface area contributed by atoms with Crippen molar-refractivity contribution in [2.45, 2.75) is 6.92 Å². The lowest BCUT2D eigenvalue weighted by molar-refractivity contribution is 0.509. The zero-order valence-electron chi connectivity index (χ0n) is 7.81. The normalized spacial score (nSPS) is 10.7. The highest BCUT2D eigenvalue weighted by atomic mass is 79.9. The first-order chi connectivity index (χ1) is 7.09. The molecule has 0 saturated carbocycles. The minimum absolute atomic E-state index is 0.533. The third kappa shape index (κ3) is 1.79. The molecular weight excluding hydrogens is 266 g/mol. The minimum atomic E-state index is -0.875. The Hall–Kier alpha value is -1.23. The second kappa shape index (κ2) is 3.73. The number of rotatable bonds is 1. The van der Waals surface area contributed by atoms with Crippen LogP contribution in [0.2, 0.25) is 0 Å². The van der Waals surface area contributed by atoms with E-state index < -0.39 is 11.6 Å². The first kappa shape index (κ1) is 10.3. The maximum atomic E-state index is 13.0. The van der Waals surface area contributed by atoms with Gasteiger partial charge in [-0.25, -0.2) is 8.78 Å². The van der Waals surface area contributed by atoms with Crippen LogP contribution in [-0.2, 0) is 0 Å². The van der Waals surface area contributed by atoms with Crippen LogP contribution in [0.5, 0.6) is 0 Å². The molecule has 1 aromatic carbocycles. The van der Waals surface area contributed by atoms with Crippen LogP contribution < -0.4 is 0 Å². The molecule has 2 rings (SSSR count). The first-order valence-electron chi connectivity index (χ1n) is 4.25. The summed E-state index contributed by atoms with van der Waals surface area (Å²) < 4.78 is 26.4. The van der Waals surface area contributed by atoms with Crippen LogP contribution in [0.15, 0.2) is 22.7 Å². The van der Waals surface area contributed by atoms with Gasteiger partial charge < -0.3 is 0 Å². The van der Waals surface area contributed by atoms with Gasteiger partial charge in [0.15, 0.2) is 11.6 Å². The lowest BCUT2D eigenvalue weighted by Gasteiger charge is -1.98. The van der Waals surface area contributed by atoms with E-state index in [9.17, 15) is 8.78 Å². The monoisotopic (exact) mass is 272 g/mol. The molecule has 2 nitrogen and oxygen atoms in total. The summed E-state index contributed by atoms with van der Waals surface area (Å²) in [5.41, 5.74) is 1.95. The molecule has 0 aliphatic rings. The van der Waals surface area contributed by atoms with Crippen LogP contribution in [0.25, 0.3) is 11.3 Å². The molecule has 0 radical (unpaired) electrons. The van der Waals surface area contributed by atoms with Crippen molar-refractivity contribution in [1.29, 1.82) is 0 Å². The zero-order valence-corrected chi connectivity index (χ0v) is 9.40. The van der Waals surface area contributed by atoms with E-state index in [0.29, 0.717) is 11.3 Å². The fraction of sp³-hybridized carbons (Fsp3) is 0.100. The van der Waals surface area contributed by atoms with Crippen LogP contribution >= 0.6 is 15.9 Å². The van der Waals surface area contributed by atoms with Crippen molar-refractivity contribution in [2.24, 2.45) is 0 Å². The van der Waals surface area contributed by atoms with Crippen LogP contribution in [0.3, 0.4) is 0 Å². The van der Waals surface area contributed by atoms with Crippen molar-refractivity contribution in [1.82, 2.24) is 10.2 Å². The SMILES string of the molecule is Cc1[nH]nc(-c2ccc(F)c(F)c2)c1Br. The number of halogens is 3. The van der Waals surface area contributed by atoms with Gasteiger partial charge in [-0.05, 0) is 41.1 Å². The van der Waals surface area contributed by atoms with Gasteiger partial charge in [0.05, 0.1) is 4.47 Å². The predicted molar refractivity (Wildman–Crippen MR) is 56.4 cm³/mol. The van der Waals surface area contributed by atoms with E-state index in [0.717, 1.165) is 22.3 Å². The number of benzene rings is 1. The molecule has 0 unspecified atom stereocenters. The van der Waals surface area contributed by atoms with E-state index in [1.54, 1.807) is 0 Å². The number of H-pyrrole nitrogens is 1. The molecule has 2 aromatic rings. The Bertz CT molecular complexity index is 508. The van der Waals surface area contributed by atoms with Gasteiger partial charge in [-0.3, -0.25) is 5.10 Å². The number of aryl methyl sites for hydroxylation is 1. The summed E-state index contributed by atoms with van der Waals surface area (Å²) in [6.07, 6.45) is 0. The van der Waals surface area contributed by atoms with E-state index in [4.69, 9.17) is 0 Å². The highest BCUT2D eigenvalue weighted by molar-refractivity contribution is 9.10. The lowest BCUT2D eigenvalue weighted by atomic mass is 10.1. The van der Waals surface area contributed by atoms with Gasteiger partial charge in [0, 0.05) is 11.3 Å². The van der Waals surface area contributed by atoms with E-state index in [1.165, 1.54) is 6.07 Å². The fourth-order valence-electron chi connectivity index (χ4n) is 1.25. The summed E-state index contributed by atoms with van der Waals surface area (Å²) in [6, 6.07) is 3.69. The van der Waals surface area contributed by atoms with Gasteiger partial charge in [-0.15, -0.1) is 0 Å². The standard InChI is InChI=1S/C10H7BrF2N2/c1-5-9(11)10(15-14-5)6-2-3-7(12)8(13)4-6/h2-4H,1H3,(H,14,15). The van der Waals surface area contributed by atoms with Crippen molar-refractivity contribution in [2.75, 3.05) is 0 Å². The zero-order chi connectivity index (χ0) is 11.0. The summed E-state index contributed by atoms with van der Waals surface area (Å²) in [5.74, 6) is -1.73. The fourth-order valence-corrected chi connectivity index (χ4v) is 1.66. The summed E-state index contributed by atoms with van der Waals surface area (Å²) in [6.45, 7) is 1.83. The number of nitrogens with zero attached hydrogens (tertiary/aromatic N) is 1. The molecular formula is C10H7BrF2N2. The Kier molecular flexibility index (Phi) is 2.56. The van der Waals surface area contributed by atoms with Crippen molar-refractivity contribution >= 4 is 15.9 Å². The molecule has 0 atom stereocenters. The second-order valence-electron chi connectivity index (χ2n) is 3.14. The summed E-state index contributed by atoms with van der Waals surface area (Å²) in [5, 5.41) is 6.75. The number of aromatic amines is 1. The summed E-state index contributed by atoms with van der Waals surface area (Å²) in [4.78, 5) is 0. The number of hydrogen-bond acceptors (Lipinski definition) is 1. The van der Waals surface area contributed by atoms with Crippen LogP contribution in [-0.4, -0.2) is 10.2 Å². The van der Waals surface area contributed by atoms with Crippen LogP contribution in [0, 0.1) is 18.6 Å².